The van der Waals surface area contributed by atoms with E-state index in [1.54, 1.807) is 0 Å². The van der Waals surface area contributed by atoms with E-state index in [1.807, 2.05) is 39.5 Å². The molecule has 0 aromatic heterocycles. The van der Waals surface area contributed by atoms with Crippen LogP contribution in [0.1, 0.15) is 61.8 Å². The number of rotatable bonds is 4. The number of hydrogen-bond donors (Lipinski definition) is 0. The predicted octanol–water partition coefficient (Wildman–Crippen LogP) is 4.07. The smallest absolute Gasteiger partial charge is 0.410 e. The van der Waals surface area contributed by atoms with Gasteiger partial charge in [-0.05, 0) is 46.5 Å². The van der Waals surface area contributed by atoms with Gasteiger partial charge in [-0.15, -0.1) is 0 Å². The van der Waals surface area contributed by atoms with E-state index < -0.39 is 5.60 Å². The van der Waals surface area contributed by atoms with Crippen LogP contribution in [0.3, 0.4) is 0 Å². The lowest BCUT2D eigenvalue weighted by Crippen LogP contribution is -2.45. The van der Waals surface area contributed by atoms with Gasteiger partial charge in [0.1, 0.15) is 5.60 Å². The topological polar surface area (TPSA) is 29.5 Å². The molecule has 3 heteroatoms. The maximum Gasteiger partial charge on any atom is 0.410 e. The highest BCUT2D eigenvalue weighted by molar-refractivity contribution is 5.68. The minimum atomic E-state index is -0.430. The first kappa shape index (κ1) is 16.3. The summed E-state index contributed by atoms with van der Waals surface area (Å²) in [7, 11) is 0. The maximum atomic E-state index is 12.1. The Bertz CT molecular complexity index is 251. The van der Waals surface area contributed by atoms with Crippen LogP contribution in [-0.2, 0) is 4.74 Å². The van der Waals surface area contributed by atoms with Gasteiger partial charge >= 0.3 is 6.09 Å². The average Bonchev–Trinajstić information content (AvgIpc) is 2.11. The molecule has 0 N–H and O–H groups in total. The molecule has 0 unspecified atom stereocenters. The van der Waals surface area contributed by atoms with Gasteiger partial charge in [0.25, 0.3) is 0 Å². The van der Waals surface area contributed by atoms with Crippen molar-refractivity contribution in [3.8, 4) is 0 Å². The fourth-order valence-electron chi connectivity index (χ4n) is 1.35. The Morgan fingerprint density at radius 1 is 1.18 bits per heavy atom. The van der Waals surface area contributed by atoms with Gasteiger partial charge in [-0.25, -0.2) is 4.79 Å². The zero-order valence-electron chi connectivity index (χ0n) is 12.8. The van der Waals surface area contributed by atoms with E-state index in [4.69, 9.17) is 4.74 Å². The standard InChI is InChI=1S/C14H29NO2/c1-9-14(7,8)10-15(11(2)3)12(16)17-13(4,5)6/h11H,9-10H2,1-8H3. The molecule has 0 aromatic carbocycles. The third kappa shape index (κ3) is 6.54. The fraction of sp³-hybridized carbons (Fsp3) is 0.929. The number of hydrogen-bond acceptors (Lipinski definition) is 2. The van der Waals surface area contributed by atoms with Crippen molar-refractivity contribution in [3.63, 3.8) is 0 Å². The predicted molar refractivity (Wildman–Crippen MR) is 72.1 cm³/mol. The molecule has 0 saturated heterocycles. The molecule has 0 aliphatic rings. The number of nitrogens with zero attached hydrogens (tertiary/aromatic N) is 1. The van der Waals surface area contributed by atoms with E-state index in [9.17, 15) is 4.79 Å². The molecule has 0 saturated carbocycles. The molecule has 0 heterocycles. The average molecular weight is 243 g/mol. The summed E-state index contributed by atoms with van der Waals surface area (Å²) in [6.07, 6.45) is 0.827. The second-order valence-electron chi connectivity index (χ2n) is 6.72. The fourth-order valence-corrected chi connectivity index (χ4v) is 1.35. The van der Waals surface area contributed by atoms with Gasteiger partial charge in [0.05, 0.1) is 0 Å². The molecule has 0 aliphatic heterocycles. The van der Waals surface area contributed by atoms with Gasteiger partial charge in [-0.2, -0.15) is 0 Å². The summed E-state index contributed by atoms with van der Waals surface area (Å²) >= 11 is 0. The highest BCUT2D eigenvalue weighted by Crippen LogP contribution is 2.23. The van der Waals surface area contributed by atoms with Crippen molar-refractivity contribution < 1.29 is 9.53 Å². The lowest BCUT2D eigenvalue weighted by atomic mass is 9.89. The first-order chi connectivity index (χ1) is 7.48. The quantitative estimate of drug-likeness (QED) is 0.745. The van der Waals surface area contributed by atoms with Gasteiger partial charge in [0.2, 0.25) is 0 Å². The van der Waals surface area contributed by atoms with E-state index in [1.165, 1.54) is 0 Å². The molecule has 0 radical (unpaired) electrons. The molecule has 0 aromatic rings. The molecule has 102 valence electrons. The van der Waals surface area contributed by atoms with Crippen molar-refractivity contribution in [2.75, 3.05) is 6.54 Å². The Morgan fingerprint density at radius 2 is 1.65 bits per heavy atom. The summed E-state index contributed by atoms with van der Waals surface area (Å²) in [6.45, 7) is 17.0. The van der Waals surface area contributed by atoms with Gasteiger partial charge in [-0.1, -0.05) is 20.8 Å². The van der Waals surface area contributed by atoms with Gasteiger partial charge in [0, 0.05) is 12.6 Å². The van der Waals surface area contributed by atoms with Crippen LogP contribution in [0.2, 0.25) is 0 Å². The normalized spacial score (nSPS) is 12.8. The summed E-state index contributed by atoms with van der Waals surface area (Å²) in [6, 6.07) is 0.163. The van der Waals surface area contributed by atoms with E-state index in [0.29, 0.717) is 0 Å². The van der Waals surface area contributed by atoms with Crippen molar-refractivity contribution >= 4 is 6.09 Å². The van der Waals surface area contributed by atoms with Crippen molar-refractivity contribution in [3.05, 3.63) is 0 Å². The van der Waals surface area contributed by atoms with Gasteiger partial charge in [0.15, 0.2) is 0 Å². The lowest BCUT2D eigenvalue weighted by molar-refractivity contribution is 0.0105. The van der Waals surface area contributed by atoms with Crippen LogP contribution >= 0.6 is 0 Å². The molecule has 0 rings (SSSR count). The molecule has 17 heavy (non-hydrogen) atoms. The van der Waals surface area contributed by atoms with Crippen LogP contribution < -0.4 is 0 Å². The first-order valence-electron chi connectivity index (χ1n) is 6.48. The van der Waals surface area contributed by atoms with Crippen LogP contribution in [0.15, 0.2) is 0 Å². The van der Waals surface area contributed by atoms with E-state index in [0.717, 1.165) is 13.0 Å². The van der Waals surface area contributed by atoms with Gasteiger partial charge in [-0.3, -0.25) is 0 Å². The van der Waals surface area contributed by atoms with Crippen LogP contribution in [0.4, 0.5) is 4.79 Å². The molecule has 0 spiro atoms. The van der Waals surface area contributed by atoms with Crippen LogP contribution in [-0.4, -0.2) is 29.2 Å². The summed E-state index contributed by atoms with van der Waals surface area (Å²) in [5.41, 5.74) is -0.304. The highest BCUT2D eigenvalue weighted by atomic mass is 16.6. The monoisotopic (exact) mass is 243 g/mol. The molecule has 1 amide bonds. The number of carbonyl (C=O) groups excluding carboxylic acids is 1. The molecule has 0 bridgehead atoms. The van der Waals surface area contributed by atoms with Crippen molar-refractivity contribution in [2.45, 2.75) is 73.5 Å². The summed E-state index contributed by atoms with van der Waals surface area (Å²) in [5, 5.41) is 0. The Kier molecular flexibility index (Phi) is 5.50. The molecular weight excluding hydrogens is 214 g/mol. The summed E-state index contributed by atoms with van der Waals surface area (Å²) in [5.74, 6) is 0. The van der Waals surface area contributed by atoms with Gasteiger partial charge < -0.3 is 9.64 Å². The zero-order valence-corrected chi connectivity index (χ0v) is 12.8. The van der Waals surface area contributed by atoms with Crippen molar-refractivity contribution in [1.82, 2.24) is 4.90 Å². The van der Waals surface area contributed by atoms with Crippen LogP contribution in [0, 0.1) is 5.41 Å². The lowest BCUT2D eigenvalue weighted by Gasteiger charge is -2.35. The minimum Gasteiger partial charge on any atom is -0.444 e. The minimum absolute atomic E-state index is 0.126. The molecule has 0 aliphatic carbocycles. The second-order valence-corrected chi connectivity index (χ2v) is 6.72. The van der Waals surface area contributed by atoms with E-state index in [-0.39, 0.29) is 17.6 Å². The third-order valence-electron chi connectivity index (χ3n) is 2.81. The maximum absolute atomic E-state index is 12.1. The summed E-state index contributed by atoms with van der Waals surface area (Å²) in [4.78, 5) is 13.9. The zero-order chi connectivity index (χ0) is 13.9. The Morgan fingerprint density at radius 3 is 1.94 bits per heavy atom. The Labute approximate surface area is 107 Å². The third-order valence-corrected chi connectivity index (χ3v) is 2.81. The largest absolute Gasteiger partial charge is 0.444 e. The van der Waals surface area contributed by atoms with Crippen molar-refractivity contribution in [2.24, 2.45) is 5.41 Å². The molecular formula is C14H29NO2. The Balaban J connectivity index is 4.70. The van der Waals surface area contributed by atoms with E-state index >= 15 is 0 Å². The number of amides is 1. The molecule has 0 atom stereocenters. The first-order valence-corrected chi connectivity index (χ1v) is 6.48. The summed E-state index contributed by atoms with van der Waals surface area (Å²) < 4.78 is 5.44. The van der Waals surface area contributed by atoms with Crippen molar-refractivity contribution in [1.29, 1.82) is 0 Å². The van der Waals surface area contributed by atoms with Crippen LogP contribution in [0.5, 0.6) is 0 Å². The number of ether oxygens (including phenoxy) is 1. The van der Waals surface area contributed by atoms with E-state index in [2.05, 4.69) is 20.8 Å². The Hall–Kier alpha value is -0.730. The SMILES string of the molecule is CCC(C)(C)CN(C(=O)OC(C)(C)C)C(C)C. The molecule has 3 nitrogen and oxygen atoms in total. The molecule has 0 fully saturated rings. The van der Waals surface area contributed by atoms with Crippen LogP contribution in [0.25, 0.3) is 0 Å². The number of carbonyl (C=O) groups is 1. The highest BCUT2D eigenvalue weighted by Gasteiger charge is 2.28. The second kappa shape index (κ2) is 5.74.